The van der Waals surface area contributed by atoms with Crippen molar-refractivity contribution in [2.45, 2.75) is 46.5 Å². The maximum absolute atomic E-state index is 5.95. The summed E-state index contributed by atoms with van der Waals surface area (Å²) in [6.45, 7) is 10.7. The Morgan fingerprint density at radius 1 is 0.633 bits per heavy atom. The van der Waals surface area contributed by atoms with Gasteiger partial charge in [0, 0.05) is 5.41 Å². The van der Waals surface area contributed by atoms with Crippen molar-refractivity contribution in [2.24, 2.45) is 5.41 Å². The molecule has 0 aliphatic rings. The minimum atomic E-state index is -0.148. The first-order valence-corrected chi connectivity index (χ1v) is 10.3. The number of hydrogen-bond acceptors (Lipinski definition) is 2. The maximum atomic E-state index is 5.95. The Balaban J connectivity index is 1.60. The van der Waals surface area contributed by atoms with Gasteiger partial charge in [-0.1, -0.05) is 45.0 Å². The van der Waals surface area contributed by atoms with Crippen molar-refractivity contribution in [1.29, 1.82) is 0 Å². The molecule has 154 valence electrons. The maximum Gasteiger partial charge on any atom is 0.127 e. The summed E-state index contributed by atoms with van der Waals surface area (Å²) in [6.07, 6.45) is 6.43. The van der Waals surface area contributed by atoms with Gasteiger partial charge in [-0.2, -0.15) is 0 Å². The Kier molecular flexibility index (Phi) is 6.22. The predicted octanol–water partition coefficient (Wildman–Crippen LogP) is 7.77. The fraction of sp³-hybridized carbons (Fsp3) is 0.286. The first-order valence-electron chi connectivity index (χ1n) is 10.3. The van der Waals surface area contributed by atoms with E-state index in [0.29, 0.717) is 0 Å². The molecular formula is C28H30O2. The third-order valence-corrected chi connectivity index (χ3v) is 4.98. The zero-order valence-corrected chi connectivity index (χ0v) is 18.5. The van der Waals surface area contributed by atoms with Gasteiger partial charge in [0.25, 0.3) is 0 Å². The summed E-state index contributed by atoms with van der Waals surface area (Å²) in [6, 6.07) is 24.0. The zero-order valence-electron chi connectivity index (χ0n) is 18.5. The smallest absolute Gasteiger partial charge is 0.127 e. The normalized spacial score (nSPS) is 11.6. The van der Waals surface area contributed by atoms with Gasteiger partial charge in [0.05, 0.1) is 0 Å². The lowest BCUT2D eigenvalue weighted by atomic mass is 9.87. The van der Waals surface area contributed by atoms with Crippen molar-refractivity contribution >= 4 is 0 Å². The highest BCUT2D eigenvalue weighted by Gasteiger charge is 2.15. The SMILES string of the molecule is C#CC(C)(C)Cc1ccc(Oc2ccc(Oc3ccc(C(C)(C)C)cc3)cc2)cc1. The molecule has 0 unspecified atom stereocenters. The molecule has 0 aliphatic carbocycles. The van der Waals surface area contributed by atoms with Crippen molar-refractivity contribution in [3.05, 3.63) is 83.9 Å². The van der Waals surface area contributed by atoms with Crippen LogP contribution in [0.4, 0.5) is 0 Å². The molecule has 0 aromatic heterocycles. The first kappa shape index (κ1) is 21.5. The second-order valence-electron chi connectivity index (χ2n) is 9.30. The van der Waals surface area contributed by atoms with Gasteiger partial charge in [-0.15, -0.1) is 12.3 Å². The van der Waals surface area contributed by atoms with E-state index in [1.54, 1.807) is 0 Å². The van der Waals surface area contributed by atoms with Crippen LogP contribution in [-0.4, -0.2) is 0 Å². The fourth-order valence-electron chi connectivity index (χ4n) is 3.11. The zero-order chi connectivity index (χ0) is 21.8. The van der Waals surface area contributed by atoms with Gasteiger partial charge in [-0.05, 0) is 85.3 Å². The molecule has 0 saturated carbocycles. The molecule has 0 amide bonds. The molecule has 3 aromatic rings. The van der Waals surface area contributed by atoms with E-state index >= 15 is 0 Å². The highest BCUT2D eigenvalue weighted by Crippen LogP contribution is 2.29. The van der Waals surface area contributed by atoms with Crippen LogP contribution in [0, 0.1) is 17.8 Å². The van der Waals surface area contributed by atoms with E-state index in [4.69, 9.17) is 15.9 Å². The summed E-state index contributed by atoms with van der Waals surface area (Å²) >= 11 is 0. The summed E-state index contributed by atoms with van der Waals surface area (Å²) in [4.78, 5) is 0. The molecule has 0 heterocycles. The van der Waals surface area contributed by atoms with Crippen LogP contribution < -0.4 is 9.47 Å². The van der Waals surface area contributed by atoms with Crippen molar-refractivity contribution in [3.63, 3.8) is 0 Å². The molecule has 0 atom stereocenters. The molecule has 2 heteroatoms. The summed E-state index contributed by atoms with van der Waals surface area (Å²) in [5, 5.41) is 0. The van der Waals surface area contributed by atoms with E-state index < -0.39 is 0 Å². The first-order chi connectivity index (χ1) is 14.1. The van der Waals surface area contributed by atoms with Crippen LogP contribution in [0.5, 0.6) is 23.0 Å². The van der Waals surface area contributed by atoms with Crippen LogP contribution in [-0.2, 0) is 11.8 Å². The van der Waals surface area contributed by atoms with Gasteiger partial charge in [0.15, 0.2) is 0 Å². The Morgan fingerprint density at radius 3 is 1.37 bits per heavy atom. The Labute approximate surface area is 180 Å². The van der Waals surface area contributed by atoms with Gasteiger partial charge in [-0.3, -0.25) is 0 Å². The van der Waals surface area contributed by atoms with Crippen LogP contribution in [0.1, 0.15) is 45.7 Å². The molecule has 0 N–H and O–H groups in total. The van der Waals surface area contributed by atoms with Crippen molar-refractivity contribution in [1.82, 2.24) is 0 Å². The van der Waals surface area contributed by atoms with Crippen LogP contribution in [0.15, 0.2) is 72.8 Å². The Hall–Kier alpha value is -3.18. The van der Waals surface area contributed by atoms with E-state index in [1.807, 2.05) is 48.5 Å². The summed E-state index contributed by atoms with van der Waals surface area (Å²) in [5.41, 5.74) is 2.47. The largest absolute Gasteiger partial charge is 0.457 e. The lowest BCUT2D eigenvalue weighted by Gasteiger charge is -2.19. The molecule has 3 rings (SSSR count). The Morgan fingerprint density at radius 2 is 1.00 bits per heavy atom. The van der Waals surface area contributed by atoms with Gasteiger partial charge in [0.1, 0.15) is 23.0 Å². The molecular weight excluding hydrogens is 368 g/mol. The third-order valence-electron chi connectivity index (χ3n) is 4.98. The second-order valence-corrected chi connectivity index (χ2v) is 9.30. The van der Waals surface area contributed by atoms with E-state index in [0.717, 1.165) is 29.4 Å². The number of rotatable bonds is 6. The molecule has 0 aliphatic heterocycles. The van der Waals surface area contributed by atoms with Crippen molar-refractivity contribution in [3.8, 4) is 35.3 Å². The number of hydrogen-bond donors (Lipinski definition) is 0. The fourth-order valence-corrected chi connectivity index (χ4v) is 3.11. The molecule has 0 bridgehead atoms. The molecule has 0 spiro atoms. The van der Waals surface area contributed by atoms with Crippen LogP contribution >= 0.6 is 0 Å². The van der Waals surface area contributed by atoms with E-state index in [1.165, 1.54) is 11.1 Å². The number of terminal acetylenes is 1. The second kappa shape index (κ2) is 8.67. The standard InChI is InChI=1S/C28H30O2/c1-7-28(5,6)20-21-8-12-23(13-9-21)29-25-16-18-26(19-17-25)30-24-14-10-22(11-15-24)27(2,3)4/h1,8-19H,20H2,2-6H3. The molecule has 0 saturated heterocycles. The average molecular weight is 399 g/mol. The summed E-state index contributed by atoms with van der Waals surface area (Å²) < 4.78 is 11.9. The Bertz CT molecular complexity index is 997. The van der Waals surface area contributed by atoms with Crippen molar-refractivity contribution in [2.75, 3.05) is 0 Å². The van der Waals surface area contributed by atoms with Gasteiger partial charge in [0.2, 0.25) is 0 Å². The molecule has 0 fully saturated rings. The van der Waals surface area contributed by atoms with Crippen LogP contribution in [0.2, 0.25) is 0 Å². The van der Waals surface area contributed by atoms with E-state index in [2.05, 4.69) is 64.8 Å². The molecule has 0 radical (unpaired) electrons. The third kappa shape index (κ3) is 5.91. The summed E-state index contributed by atoms with van der Waals surface area (Å²) in [5.74, 6) is 5.99. The molecule has 30 heavy (non-hydrogen) atoms. The van der Waals surface area contributed by atoms with E-state index in [-0.39, 0.29) is 10.8 Å². The van der Waals surface area contributed by atoms with Crippen LogP contribution in [0.25, 0.3) is 0 Å². The van der Waals surface area contributed by atoms with Gasteiger partial charge >= 0.3 is 0 Å². The predicted molar refractivity (Wildman–Crippen MR) is 124 cm³/mol. The quantitative estimate of drug-likeness (QED) is 0.395. The minimum absolute atomic E-state index is 0.132. The summed E-state index contributed by atoms with van der Waals surface area (Å²) in [7, 11) is 0. The lowest BCUT2D eigenvalue weighted by molar-refractivity contribution is 0.468. The van der Waals surface area contributed by atoms with Gasteiger partial charge < -0.3 is 9.47 Å². The molecule has 3 aromatic carbocycles. The topological polar surface area (TPSA) is 18.5 Å². The van der Waals surface area contributed by atoms with Crippen molar-refractivity contribution < 1.29 is 9.47 Å². The van der Waals surface area contributed by atoms with Crippen LogP contribution in [0.3, 0.4) is 0 Å². The lowest BCUT2D eigenvalue weighted by Crippen LogP contribution is -2.11. The highest BCUT2D eigenvalue weighted by atomic mass is 16.5. The van der Waals surface area contributed by atoms with Gasteiger partial charge in [-0.25, -0.2) is 0 Å². The highest BCUT2D eigenvalue weighted by molar-refractivity contribution is 5.39. The molecule has 2 nitrogen and oxygen atoms in total. The minimum Gasteiger partial charge on any atom is -0.457 e. The monoisotopic (exact) mass is 398 g/mol. The number of benzene rings is 3. The average Bonchev–Trinajstić information content (AvgIpc) is 2.70. The number of ether oxygens (including phenoxy) is 2. The van der Waals surface area contributed by atoms with E-state index in [9.17, 15) is 0 Å².